The Balaban J connectivity index is 3.10. The SMILES string of the molecule is Cc1ccc(C(F)(F)C(F)(F)F)cn1. The second kappa shape index (κ2) is 3.18. The van der Waals surface area contributed by atoms with E-state index in [0.29, 0.717) is 11.9 Å². The number of pyridine rings is 1. The smallest absolute Gasteiger partial charge is 0.261 e. The zero-order valence-corrected chi connectivity index (χ0v) is 7.07. The van der Waals surface area contributed by atoms with Crippen molar-refractivity contribution >= 4 is 0 Å². The summed E-state index contributed by atoms with van der Waals surface area (Å²) in [5, 5.41) is 0. The Bertz CT molecular complexity index is 313. The van der Waals surface area contributed by atoms with Gasteiger partial charge in [-0.3, -0.25) is 4.98 Å². The second-order valence-corrected chi connectivity index (χ2v) is 2.76. The van der Waals surface area contributed by atoms with Crippen LogP contribution in [0.4, 0.5) is 22.0 Å². The molecule has 0 spiro atoms. The largest absolute Gasteiger partial charge is 0.458 e. The average Bonchev–Trinajstić information content (AvgIpc) is 2.03. The van der Waals surface area contributed by atoms with Crippen molar-refractivity contribution in [3.63, 3.8) is 0 Å². The standard InChI is InChI=1S/C8H6F5N/c1-5-2-3-6(4-14-5)7(9,10)8(11,12)13/h2-4H,1H3. The first-order valence-corrected chi connectivity index (χ1v) is 3.63. The molecule has 0 aliphatic carbocycles. The Labute approximate surface area is 76.6 Å². The van der Waals surface area contributed by atoms with Crippen LogP contribution in [0.3, 0.4) is 0 Å². The van der Waals surface area contributed by atoms with Crippen LogP contribution in [0.2, 0.25) is 0 Å². The Kier molecular flexibility index (Phi) is 2.47. The minimum absolute atomic E-state index is 0.381. The molecule has 0 N–H and O–H groups in total. The average molecular weight is 211 g/mol. The molecule has 0 unspecified atom stereocenters. The van der Waals surface area contributed by atoms with E-state index in [4.69, 9.17) is 0 Å². The third kappa shape index (κ3) is 1.83. The molecule has 0 radical (unpaired) electrons. The summed E-state index contributed by atoms with van der Waals surface area (Å²) in [6.07, 6.45) is -5.05. The van der Waals surface area contributed by atoms with Crippen molar-refractivity contribution in [2.75, 3.05) is 0 Å². The highest BCUT2D eigenvalue weighted by molar-refractivity contribution is 5.19. The molecule has 0 aliphatic rings. The summed E-state index contributed by atoms with van der Waals surface area (Å²) < 4.78 is 60.8. The highest BCUT2D eigenvalue weighted by Crippen LogP contribution is 2.43. The Morgan fingerprint density at radius 1 is 1.07 bits per heavy atom. The van der Waals surface area contributed by atoms with Gasteiger partial charge in [0.05, 0.1) is 0 Å². The van der Waals surface area contributed by atoms with Crippen molar-refractivity contribution in [2.24, 2.45) is 0 Å². The summed E-state index contributed by atoms with van der Waals surface area (Å²) in [7, 11) is 0. The van der Waals surface area contributed by atoms with Crippen LogP contribution in [0.15, 0.2) is 18.3 Å². The molecule has 0 bridgehead atoms. The second-order valence-electron chi connectivity index (χ2n) is 2.76. The molecule has 1 aromatic heterocycles. The summed E-state index contributed by atoms with van der Waals surface area (Å²) >= 11 is 0. The molecule has 0 saturated heterocycles. The van der Waals surface area contributed by atoms with Gasteiger partial charge in [-0.15, -0.1) is 0 Å². The first kappa shape index (κ1) is 10.9. The van der Waals surface area contributed by atoms with Crippen LogP contribution in [0.1, 0.15) is 11.3 Å². The first-order valence-electron chi connectivity index (χ1n) is 3.63. The van der Waals surface area contributed by atoms with E-state index in [9.17, 15) is 22.0 Å². The highest BCUT2D eigenvalue weighted by Gasteiger charge is 2.58. The number of halogens is 5. The molecule has 0 fully saturated rings. The van der Waals surface area contributed by atoms with E-state index >= 15 is 0 Å². The van der Waals surface area contributed by atoms with Crippen molar-refractivity contribution < 1.29 is 22.0 Å². The summed E-state index contributed by atoms with van der Waals surface area (Å²) in [4.78, 5) is 3.38. The molecule has 0 aliphatic heterocycles. The number of nitrogens with zero attached hydrogens (tertiary/aromatic N) is 1. The van der Waals surface area contributed by atoms with Gasteiger partial charge in [-0.2, -0.15) is 22.0 Å². The summed E-state index contributed by atoms with van der Waals surface area (Å²) in [6, 6.07) is 1.82. The molecule has 1 aromatic rings. The Morgan fingerprint density at radius 2 is 1.64 bits per heavy atom. The topological polar surface area (TPSA) is 12.9 Å². The third-order valence-electron chi connectivity index (χ3n) is 1.63. The molecule has 0 atom stereocenters. The van der Waals surface area contributed by atoms with Gasteiger partial charge in [-0.05, 0) is 19.1 Å². The van der Waals surface area contributed by atoms with Gasteiger partial charge in [0, 0.05) is 17.5 Å². The fourth-order valence-corrected chi connectivity index (χ4v) is 0.817. The van der Waals surface area contributed by atoms with Gasteiger partial charge < -0.3 is 0 Å². The molecule has 1 heterocycles. The van der Waals surface area contributed by atoms with Crippen molar-refractivity contribution in [3.8, 4) is 0 Å². The lowest BCUT2D eigenvalue weighted by Crippen LogP contribution is -2.33. The van der Waals surface area contributed by atoms with Crippen LogP contribution in [-0.2, 0) is 5.92 Å². The molecule has 78 valence electrons. The van der Waals surface area contributed by atoms with E-state index in [1.807, 2.05) is 0 Å². The number of alkyl halides is 5. The fraction of sp³-hybridized carbons (Fsp3) is 0.375. The summed E-state index contributed by atoms with van der Waals surface area (Å²) in [6.45, 7) is 1.50. The minimum Gasteiger partial charge on any atom is -0.261 e. The maximum Gasteiger partial charge on any atom is 0.458 e. The number of hydrogen-bond donors (Lipinski definition) is 0. The predicted molar refractivity (Wildman–Crippen MR) is 38.9 cm³/mol. The lowest BCUT2D eigenvalue weighted by Gasteiger charge is -2.19. The maximum atomic E-state index is 12.6. The normalized spacial score (nSPS) is 13.0. The number of hydrogen-bond acceptors (Lipinski definition) is 1. The Morgan fingerprint density at radius 3 is 2.00 bits per heavy atom. The monoisotopic (exact) mass is 211 g/mol. The van der Waals surface area contributed by atoms with E-state index < -0.39 is 17.7 Å². The number of rotatable bonds is 1. The van der Waals surface area contributed by atoms with Crippen LogP contribution in [0, 0.1) is 6.92 Å². The van der Waals surface area contributed by atoms with Gasteiger partial charge in [-0.1, -0.05) is 0 Å². The summed E-state index contributed by atoms with van der Waals surface area (Å²) in [5.74, 6) is -4.84. The third-order valence-corrected chi connectivity index (χ3v) is 1.63. The molecule has 1 nitrogen and oxygen atoms in total. The van der Waals surface area contributed by atoms with E-state index in [-0.39, 0.29) is 0 Å². The van der Waals surface area contributed by atoms with Crippen LogP contribution in [-0.4, -0.2) is 11.2 Å². The Hall–Kier alpha value is -1.20. The number of aryl methyl sites for hydroxylation is 1. The quantitative estimate of drug-likeness (QED) is 0.650. The van der Waals surface area contributed by atoms with E-state index in [1.54, 1.807) is 0 Å². The predicted octanol–water partition coefficient (Wildman–Crippen LogP) is 3.04. The molecule has 0 amide bonds. The van der Waals surface area contributed by atoms with E-state index in [2.05, 4.69) is 4.98 Å². The summed E-state index contributed by atoms with van der Waals surface area (Å²) in [5.41, 5.74) is -0.762. The van der Waals surface area contributed by atoms with E-state index in [0.717, 1.165) is 12.1 Å². The molecular weight excluding hydrogens is 205 g/mol. The lowest BCUT2D eigenvalue weighted by molar-refractivity contribution is -0.289. The fourth-order valence-electron chi connectivity index (χ4n) is 0.817. The van der Waals surface area contributed by atoms with Crippen LogP contribution < -0.4 is 0 Å². The van der Waals surface area contributed by atoms with Gasteiger partial charge in [0.25, 0.3) is 0 Å². The molecule has 0 aromatic carbocycles. The molecular formula is C8H6F5N. The molecule has 6 heteroatoms. The molecule has 0 saturated carbocycles. The highest BCUT2D eigenvalue weighted by atomic mass is 19.4. The lowest BCUT2D eigenvalue weighted by atomic mass is 10.1. The van der Waals surface area contributed by atoms with Crippen LogP contribution >= 0.6 is 0 Å². The van der Waals surface area contributed by atoms with E-state index in [1.165, 1.54) is 6.92 Å². The van der Waals surface area contributed by atoms with Gasteiger partial charge in [0.1, 0.15) is 0 Å². The van der Waals surface area contributed by atoms with Crippen molar-refractivity contribution in [2.45, 2.75) is 19.0 Å². The van der Waals surface area contributed by atoms with Crippen molar-refractivity contribution in [1.82, 2.24) is 4.98 Å². The molecule has 14 heavy (non-hydrogen) atoms. The zero-order chi connectivity index (χ0) is 11.0. The van der Waals surface area contributed by atoms with Gasteiger partial charge >= 0.3 is 12.1 Å². The molecule has 1 rings (SSSR count). The van der Waals surface area contributed by atoms with Gasteiger partial charge in [0.15, 0.2) is 0 Å². The first-order chi connectivity index (χ1) is 6.25. The van der Waals surface area contributed by atoms with Crippen LogP contribution in [0.5, 0.6) is 0 Å². The van der Waals surface area contributed by atoms with Gasteiger partial charge in [0.2, 0.25) is 0 Å². The van der Waals surface area contributed by atoms with Crippen molar-refractivity contribution in [1.29, 1.82) is 0 Å². The number of aromatic nitrogens is 1. The van der Waals surface area contributed by atoms with Crippen molar-refractivity contribution in [3.05, 3.63) is 29.6 Å². The maximum absolute atomic E-state index is 12.6. The van der Waals surface area contributed by atoms with Crippen LogP contribution in [0.25, 0.3) is 0 Å². The van der Waals surface area contributed by atoms with Gasteiger partial charge in [-0.25, -0.2) is 0 Å². The minimum atomic E-state index is -5.58. The zero-order valence-electron chi connectivity index (χ0n) is 7.07.